The van der Waals surface area contributed by atoms with Gasteiger partial charge in [0.1, 0.15) is 11.4 Å². The van der Waals surface area contributed by atoms with Gasteiger partial charge in [0.25, 0.3) is 5.91 Å². The van der Waals surface area contributed by atoms with Gasteiger partial charge < -0.3 is 14.4 Å². The molecule has 11 heteroatoms. The van der Waals surface area contributed by atoms with Crippen LogP contribution in [0.3, 0.4) is 0 Å². The fourth-order valence-electron chi connectivity index (χ4n) is 3.74. The van der Waals surface area contributed by atoms with Crippen LogP contribution < -0.4 is 4.72 Å². The molecule has 1 saturated heterocycles. The Labute approximate surface area is 186 Å². The van der Waals surface area contributed by atoms with Crippen molar-refractivity contribution in [2.45, 2.75) is 6.54 Å². The summed E-state index contributed by atoms with van der Waals surface area (Å²) in [6, 6.07) is 7.97. The first-order chi connectivity index (χ1) is 15.4. The van der Waals surface area contributed by atoms with Crippen molar-refractivity contribution in [3.63, 3.8) is 0 Å². The Morgan fingerprint density at radius 1 is 1.09 bits per heavy atom. The molecule has 1 aliphatic rings. The SMILES string of the molecule is O=C(CN1CCN(C(=O)c2cccn3ccnc23)CC1)c1ccc(O)c(CN[SH](=O)=O)c1. The number of aromatic nitrogens is 2. The molecule has 0 radical (unpaired) electrons. The summed E-state index contributed by atoms with van der Waals surface area (Å²) in [5, 5.41) is 9.88. The third-order valence-corrected chi connectivity index (χ3v) is 5.89. The molecule has 0 unspecified atom stereocenters. The Hall–Kier alpha value is -3.28. The number of nitrogens with one attached hydrogen (secondary N) is 1. The zero-order valence-electron chi connectivity index (χ0n) is 17.2. The molecule has 4 rings (SSSR count). The lowest BCUT2D eigenvalue weighted by Gasteiger charge is -2.34. The molecule has 0 bridgehead atoms. The number of piperazine rings is 1. The van der Waals surface area contributed by atoms with E-state index < -0.39 is 10.9 Å². The number of phenolic OH excluding ortho intramolecular Hbond substituents is 1. The molecule has 32 heavy (non-hydrogen) atoms. The molecule has 1 aromatic carbocycles. The summed E-state index contributed by atoms with van der Waals surface area (Å²) in [5.41, 5.74) is 1.89. The van der Waals surface area contributed by atoms with Crippen LogP contribution in [-0.4, -0.2) is 77.1 Å². The molecular formula is C21H23N5O5S. The fourth-order valence-corrected chi connectivity index (χ4v) is 4.04. The van der Waals surface area contributed by atoms with Gasteiger partial charge in [0, 0.05) is 62.4 Å². The number of carbonyl (C=O) groups is 2. The number of hydrogen-bond acceptors (Lipinski definition) is 7. The highest BCUT2D eigenvalue weighted by Gasteiger charge is 2.25. The van der Waals surface area contributed by atoms with Gasteiger partial charge in [-0.3, -0.25) is 14.5 Å². The standard InChI is InChI=1S/C21H23N5O5S/c27-18-4-3-15(12-16(18)13-23-32(30)31)19(28)14-24-8-10-26(11-9-24)21(29)17-2-1-6-25-7-5-22-20(17)25/h1-7,12,27,32H,8-11,13-14H2,(H,23,30,31). The van der Waals surface area contributed by atoms with E-state index in [9.17, 15) is 23.1 Å². The zero-order valence-corrected chi connectivity index (χ0v) is 18.1. The van der Waals surface area contributed by atoms with Crippen LogP contribution in [0.2, 0.25) is 0 Å². The minimum Gasteiger partial charge on any atom is -0.508 e. The van der Waals surface area contributed by atoms with Crippen LogP contribution in [0.5, 0.6) is 5.75 Å². The van der Waals surface area contributed by atoms with Crippen LogP contribution in [0.25, 0.3) is 5.65 Å². The number of rotatable bonds is 7. The van der Waals surface area contributed by atoms with E-state index in [-0.39, 0.29) is 30.5 Å². The number of fused-ring (bicyclic) bond motifs is 1. The number of amides is 1. The Morgan fingerprint density at radius 2 is 1.88 bits per heavy atom. The first kappa shape index (κ1) is 21.9. The Balaban J connectivity index is 1.36. The van der Waals surface area contributed by atoms with Crippen LogP contribution in [0.4, 0.5) is 0 Å². The lowest BCUT2D eigenvalue weighted by molar-refractivity contribution is 0.0625. The maximum absolute atomic E-state index is 13.0. The van der Waals surface area contributed by atoms with E-state index in [4.69, 9.17) is 0 Å². The van der Waals surface area contributed by atoms with Crippen LogP contribution in [-0.2, 0) is 17.4 Å². The molecule has 168 valence electrons. The van der Waals surface area contributed by atoms with Gasteiger partial charge in [0.2, 0.25) is 10.9 Å². The third-order valence-electron chi connectivity index (χ3n) is 5.48. The zero-order chi connectivity index (χ0) is 22.7. The van der Waals surface area contributed by atoms with E-state index in [0.717, 1.165) is 0 Å². The lowest BCUT2D eigenvalue weighted by atomic mass is 10.1. The normalized spacial score (nSPS) is 14.8. The van der Waals surface area contributed by atoms with Gasteiger partial charge in [-0.2, -0.15) is 0 Å². The van der Waals surface area contributed by atoms with Crippen LogP contribution in [0, 0.1) is 0 Å². The molecule has 0 saturated carbocycles. The molecule has 1 amide bonds. The summed E-state index contributed by atoms with van der Waals surface area (Å²) < 4.78 is 25.5. The number of phenols is 1. The second-order valence-electron chi connectivity index (χ2n) is 7.51. The third kappa shape index (κ3) is 4.79. The summed E-state index contributed by atoms with van der Waals surface area (Å²) in [6.07, 6.45) is 5.29. The van der Waals surface area contributed by atoms with Crippen molar-refractivity contribution in [1.82, 2.24) is 23.9 Å². The van der Waals surface area contributed by atoms with Crippen molar-refractivity contribution in [3.8, 4) is 5.75 Å². The number of ketones is 1. The minimum absolute atomic E-state index is 0.0782. The average Bonchev–Trinajstić information content (AvgIpc) is 3.27. The lowest BCUT2D eigenvalue weighted by Crippen LogP contribution is -2.50. The van der Waals surface area contributed by atoms with E-state index in [1.807, 2.05) is 17.2 Å². The number of thiol groups is 1. The first-order valence-corrected chi connectivity index (χ1v) is 11.3. The Morgan fingerprint density at radius 3 is 2.62 bits per heavy atom. The quantitative estimate of drug-likeness (QED) is 0.344. The van der Waals surface area contributed by atoms with Gasteiger partial charge in [-0.1, -0.05) is 0 Å². The molecule has 1 aliphatic heterocycles. The Bertz CT molecular complexity index is 1220. The van der Waals surface area contributed by atoms with Gasteiger partial charge >= 0.3 is 0 Å². The summed E-state index contributed by atoms with van der Waals surface area (Å²) in [5.74, 6) is -0.301. The molecule has 3 aromatic rings. The topological polar surface area (TPSA) is 124 Å². The number of carbonyl (C=O) groups excluding carboxylic acids is 2. The van der Waals surface area contributed by atoms with Crippen LogP contribution >= 0.6 is 0 Å². The van der Waals surface area contributed by atoms with E-state index in [2.05, 4.69) is 9.71 Å². The molecule has 1 fully saturated rings. The number of aromatic hydroxyl groups is 1. The predicted molar refractivity (Wildman–Crippen MR) is 117 cm³/mol. The fraction of sp³-hybridized carbons (Fsp3) is 0.286. The number of benzene rings is 1. The minimum atomic E-state index is -2.80. The van der Waals surface area contributed by atoms with Crippen molar-refractivity contribution in [1.29, 1.82) is 0 Å². The van der Waals surface area contributed by atoms with Crippen LogP contribution in [0.15, 0.2) is 48.9 Å². The largest absolute Gasteiger partial charge is 0.508 e. The highest BCUT2D eigenvalue weighted by molar-refractivity contribution is 7.70. The molecule has 3 heterocycles. The summed E-state index contributed by atoms with van der Waals surface area (Å²) >= 11 is 0. The molecule has 0 atom stereocenters. The number of hydrogen-bond donors (Lipinski definition) is 3. The molecule has 0 spiro atoms. The van der Waals surface area contributed by atoms with Crippen molar-refractivity contribution in [2.75, 3.05) is 32.7 Å². The molecule has 0 aliphatic carbocycles. The highest BCUT2D eigenvalue weighted by atomic mass is 32.2. The second kappa shape index (κ2) is 9.47. The first-order valence-electron chi connectivity index (χ1n) is 10.1. The van der Waals surface area contributed by atoms with Gasteiger partial charge in [-0.15, -0.1) is 0 Å². The van der Waals surface area contributed by atoms with E-state index in [1.54, 1.807) is 27.8 Å². The summed E-state index contributed by atoms with van der Waals surface area (Å²) in [7, 11) is -2.80. The van der Waals surface area contributed by atoms with E-state index in [0.29, 0.717) is 48.5 Å². The molecule has 2 N–H and O–H groups in total. The number of nitrogens with zero attached hydrogens (tertiary/aromatic N) is 4. The summed E-state index contributed by atoms with van der Waals surface area (Å²) in [4.78, 5) is 33.7. The van der Waals surface area contributed by atoms with Gasteiger partial charge in [-0.25, -0.2) is 18.1 Å². The van der Waals surface area contributed by atoms with Gasteiger partial charge in [0.05, 0.1) is 12.1 Å². The highest BCUT2D eigenvalue weighted by Crippen LogP contribution is 2.19. The summed E-state index contributed by atoms with van der Waals surface area (Å²) in [6.45, 7) is 2.18. The molecular weight excluding hydrogens is 434 g/mol. The maximum Gasteiger partial charge on any atom is 0.257 e. The van der Waals surface area contributed by atoms with Crippen molar-refractivity contribution >= 4 is 28.2 Å². The smallest absolute Gasteiger partial charge is 0.257 e. The molecule has 2 aromatic heterocycles. The second-order valence-corrected chi connectivity index (χ2v) is 8.34. The Kier molecular flexibility index (Phi) is 6.49. The average molecular weight is 458 g/mol. The van der Waals surface area contributed by atoms with Gasteiger partial charge in [-0.05, 0) is 30.3 Å². The van der Waals surface area contributed by atoms with Crippen molar-refractivity contribution in [2.24, 2.45) is 0 Å². The van der Waals surface area contributed by atoms with Crippen molar-refractivity contribution in [3.05, 3.63) is 65.6 Å². The van der Waals surface area contributed by atoms with Crippen molar-refractivity contribution < 1.29 is 23.1 Å². The number of pyridine rings is 1. The number of Topliss-reactive ketones (excluding diaryl/α,β-unsaturated/α-hetero) is 1. The van der Waals surface area contributed by atoms with E-state index >= 15 is 0 Å². The van der Waals surface area contributed by atoms with Gasteiger partial charge in [0.15, 0.2) is 5.78 Å². The number of imidazole rings is 1. The predicted octanol–water partition coefficient (Wildman–Crippen LogP) is 0.297. The van der Waals surface area contributed by atoms with E-state index in [1.165, 1.54) is 18.2 Å². The monoisotopic (exact) mass is 457 g/mol. The maximum atomic E-state index is 13.0. The molecule has 10 nitrogen and oxygen atoms in total. The van der Waals surface area contributed by atoms with Crippen LogP contribution in [0.1, 0.15) is 26.3 Å².